The van der Waals surface area contributed by atoms with Gasteiger partial charge in [-0.15, -0.1) is 0 Å². The van der Waals surface area contributed by atoms with Crippen molar-refractivity contribution in [3.8, 4) is 0 Å². The van der Waals surface area contributed by atoms with Gasteiger partial charge in [-0.05, 0) is 19.4 Å². The number of hydrogen-bond acceptors (Lipinski definition) is 2. The maximum atomic E-state index is 5.60. The van der Waals surface area contributed by atoms with Crippen LogP contribution in [0.3, 0.4) is 0 Å². The fourth-order valence-corrected chi connectivity index (χ4v) is 0.581. The lowest BCUT2D eigenvalue weighted by Gasteiger charge is -1.97. The molecule has 0 aliphatic carbocycles. The van der Waals surface area contributed by atoms with Crippen molar-refractivity contribution in [1.82, 2.24) is 0 Å². The van der Waals surface area contributed by atoms with Crippen LogP contribution in [0.25, 0.3) is 0 Å². The Morgan fingerprint density at radius 3 is 2.36 bits per heavy atom. The fourth-order valence-electron chi connectivity index (χ4n) is 0.581. The molecule has 2 nitrogen and oxygen atoms in total. The Kier molecular flexibility index (Phi) is 4.99. The van der Waals surface area contributed by atoms with Crippen LogP contribution in [0, 0.1) is 0 Å². The summed E-state index contributed by atoms with van der Waals surface area (Å²) >= 11 is 0. The lowest BCUT2D eigenvalue weighted by molar-refractivity contribution is 1.03. The molecule has 0 radical (unpaired) electrons. The zero-order valence-corrected chi connectivity index (χ0v) is 7.17. The van der Waals surface area contributed by atoms with E-state index in [4.69, 9.17) is 11.5 Å². The smallest absolute Gasteiger partial charge is 0.0504 e. The van der Waals surface area contributed by atoms with Gasteiger partial charge >= 0.3 is 0 Å². The SMILES string of the molecule is C/C=C/C=C\C(N)=C(\N)CC. The fraction of sp³-hybridized carbons (Fsp3) is 0.333. The Balaban J connectivity index is 4.14. The molecule has 0 heterocycles. The van der Waals surface area contributed by atoms with Gasteiger partial charge in [0.05, 0.1) is 5.70 Å². The first-order valence-electron chi connectivity index (χ1n) is 3.75. The largest absolute Gasteiger partial charge is 0.400 e. The number of allylic oxidation sites excluding steroid dienone is 5. The average molecular weight is 152 g/mol. The van der Waals surface area contributed by atoms with E-state index in [-0.39, 0.29) is 0 Å². The summed E-state index contributed by atoms with van der Waals surface area (Å²) in [5.41, 5.74) is 12.6. The van der Waals surface area contributed by atoms with Gasteiger partial charge in [0, 0.05) is 5.70 Å². The van der Waals surface area contributed by atoms with E-state index < -0.39 is 0 Å². The van der Waals surface area contributed by atoms with E-state index in [2.05, 4.69) is 0 Å². The van der Waals surface area contributed by atoms with Crippen LogP contribution < -0.4 is 11.5 Å². The highest BCUT2D eigenvalue weighted by Gasteiger charge is 1.88. The van der Waals surface area contributed by atoms with Gasteiger partial charge in [-0.2, -0.15) is 0 Å². The Morgan fingerprint density at radius 1 is 1.27 bits per heavy atom. The first-order valence-corrected chi connectivity index (χ1v) is 3.75. The van der Waals surface area contributed by atoms with E-state index in [0.717, 1.165) is 12.1 Å². The highest BCUT2D eigenvalue weighted by Crippen LogP contribution is 1.97. The van der Waals surface area contributed by atoms with E-state index in [9.17, 15) is 0 Å². The van der Waals surface area contributed by atoms with Gasteiger partial charge in [-0.25, -0.2) is 0 Å². The number of rotatable bonds is 3. The summed E-state index contributed by atoms with van der Waals surface area (Å²) in [6.07, 6.45) is 8.32. The van der Waals surface area contributed by atoms with Crippen molar-refractivity contribution in [2.75, 3.05) is 0 Å². The summed E-state index contributed by atoms with van der Waals surface area (Å²) in [5, 5.41) is 0. The summed E-state index contributed by atoms with van der Waals surface area (Å²) in [7, 11) is 0. The van der Waals surface area contributed by atoms with Crippen molar-refractivity contribution in [1.29, 1.82) is 0 Å². The van der Waals surface area contributed by atoms with Crippen LogP contribution in [-0.2, 0) is 0 Å². The van der Waals surface area contributed by atoms with Gasteiger partial charge in [-0.1, -0.05) is 25.2 Å². The molecule has 0 aromatic carbocycles. The molecule has 0 aromatic rings. The van der Waals surface area contributed by atoms with E-state index >= 15 is 0 Å². The molecular weight excluding hydrogens is 136 g/mol. The van der Waals surface area contributed by atoms with Crippen molar-refractivity contribution in [3.05, 3.63) is 35.7 Å². The van der Waals surface area contributed by atoms with Crippen LogP contribution in [0.4, 0.5) is 0 Å². The molecule has 0 fully saturated rings. The molecule has 0 bridgehead atoms. The second kappa shape index (κ2) is 5.59. The zero-order chi connectivity index (χ0) is 8.69. The Hall–Kier alpha value is -1.18. The number of nitrogens with two attached hydrogens (primary N) is 2. The van der Waals surface area contributed by atoms with Gasteiger partial charge in [0.2, 0.25) is 0 Å². The molecule has 0 spiro atoms. The van der Waals surface area contributed by atoms with Gasteiger partial charge in [-0.3, -0.25) is 0 Å². The van der Waals surface area contributed by atoms with E-state index in [1.807, 2.05) is 32.1 Å². The van der Waals surface area contributed by atoms with Gasteiger partial charge in [0.1, 0.15) is 0 Å². The summed E-state index contributed by atoms with van der Waals surface area (Å²) in [4.78, 5) is 0. The molecule has 0 unspecified atom stereocenters. The monoisotopic (exact) mass is 152 g/mol. The Morgan fingerprint density at radius 2 is 1.91 bits per heavy atom. The maximum absolute atomic E-state index is 5.60. The minimum Gasteiger partial charge on any atom is -0.400 e. The van der Waals surface area contributed by atoms with E-state index in [1.54, 1.807) is 6.08 Å². The second-order valence-corrected chi connectivity index (χ2v) is 2.22. The zero-order valence-electron chi connectivity index (χ0n) is 7.17. The van der Waals surface area contributed by atoms with Crippen LogP contribution in [0.5, 0.6) is 0 Å². The summed E-state index contributed by atoms with van der Waals surface area (Å²) < 4.78 is 0. The third kappa shape index (κ3) is 4.25. The molecule has 0 aromatic heterocycles. The molecule has 2 heteroatoms. The minimum absolute atomic E-state index is 0.658. The standard InChI is InChI=1S/C9H16N2/c1-3-5-6-7-9(11)8(10)4-2/h3,5-7H,4,10-11H2,1-2H3/b5-3+,7-6-,9-8-. The van der Waals surface area contributed by atoms with Crippen molar-refractivity contribution in [3.63, 3.8) is 0 Å². The summed E-state index contributed by atoms with van der Waals surface area (Å²) in [5.74, 6) is 0. The summed E-state index contributed by atoms with van der Waals surface area (Å²) in [6, 6.07) is 0. The van der Waals surface area contributed by atoms with Crippen molar-refractivity contribution in [2.24, 2.45) is 11.5 Å². The van der Waals surface area contributed by atoms with Crippen molar-refractivity contribution >= 4 is 0 Å². The highest BCUT2D eigenvalue weighted by molar-refractivity contribution is 5.23. The molecule has 0 rings (SSSR count). The van der Waals surface area contributed by atoms with Crippen LogP contribution in [0.1, 0.15) is 20.3 Å². The first kappa shape index (κ1) is 9.82. The molecular formula is C9H16N2. The normalized spacial score (nSPS) is 14.4. The molecule has 0 amide bonds. The molecule has 0 atom stereocenters. The van der Waals surface area contributed by atoms with E-state index in [0.29, 0.717) is 5.70 Å². The predicted molar refractivity (Wildman–Crippen MR) is 49.6 cm³/mol. The molecule has 4 N–H and O–H groups in total. The van der Waals surface area contributed by atoms with Crippen LogP contribution >= 0.6 is 0 Å². The van der Waals surface area contributed by atoms with Crippen LogP contribution in [0.2, 0.25) is 0 Å². The average Bonchev–Trinajstić information content (AvgIpc) is 2.03. The topological polar surface area (TPSA) is 52.0 Å². The third-order valence-corrected chi connectivity index (χ3v) is 1.33. The first-order chi connectivity index (χ1) is 5.22. The lowest BCUT2D eigenvalue weighted by atomic mass is 10.2. The Labute approximate surface area is 68.3 Å². The molecule has 0 aliphatic rings. The van der Waals surface area contributed by atoms with Crippen molar-refractivity contribution < 1.29 is 0 Å². The number of hydrogen-bond donors (Lipinski definition) is 2. The maximum Gasteiger partial charge on any atom is 0.0504 e. The minimum atomic E-state index is 0.658. The third-order valence-electron chi connectivity index (χ3n) is 1.33. The summed E-state index contributed by atoms with van der Waals surface area (Å²) in [6.45, 7) is 3.93. The van der Waals surface area contributed by atoms with Crippen LogP contribution in [0.15, 0.2) is 35.7 Å². The highest BCUT2D eigenvalue weighted by atomic mass is 14.7. The molecule has 11 heavy (non-hydrogen) atoms. The molecule has 62 valence electrons. The van der Waals surface area contributed by atoms with E-state index in [1.165, 1.54) is 0 Å². The van der Waals surface area contributed by atoms with Gasteiger partial charge in [0.25, 0.3) is 0 Å². The molecule has 0 saturated heterocycles. The lowest BCUT2D eigenvalue weighted by Crippen LogP contribution is -2.06. The quantitative estimate of drug-likeness (QED) is 0.604. The van der Waals surface area contributed by atoms with Gasteiger partial charge < -0.3 is 11.5 Å². The predicted octanol–water partition coefficient (Wildman–Crippen LogP) is 1.66. The van der Waals surface area contributed by atoms with Gasteiger partial charge in [0.15, 0.2) is 0 Å². The molecule has 0 aliphatic heterocycles. The molecule has 0 saturated carbocycles. The van der Waals surface area contributed by atoms with Crippen molar-refractivity contribution in [2.45, 2.75) is 20.3 Å². The Bertz CT molecular complexity index is 188. The second-order valence-electron chi connectivity index (χ2n) is 2.22. The van der Waals surface area contributed by atoms with Crippen LogP contribution in [-0.4, -0.2) is 0 Å².